The summed E-state index contributed by atoms with van der Waals surface area (Å²) in [7, 11) is 1.66. The summed E-state index contributed by atoms with van der Waals surface area (Å²) in [6.45, 7) is 4.74. The zero-order valence-electron chi connectivity index (χ0n) is 19.1. The summed E-state index contributed by atoms with van der Waals surface area (Å²) in [6.07, 6.45) is 3.00. The quantitative estimate of drug-likeness (QED) is 0.346. The molecule has 4 rings (SSSR count). The van der Waals surface area contributed by atoms with Crippen LogP contribution < -0.4 is 10.1 Å². The van der Waals surface area contributed by atoms with E-state index in [2.05, 4.69) is 28.9 Å². The van der Waals surface area contributed by atoms with Gasteiger partial charge in [-0.05, 0) is 61.4 Å². The molecule has 0 saturated heterocycles. The van der Waals surface area contributed by atoms with Crippen molar-refractivity contribution in [1.82, 2.24) is 14.5 Å². The number of pyridine rings is 1. The fourth-order valence-electron chi connectivity index (χ4n) is 3.71. The minimum Gasteiger partial charge on any atom is -0.497 e. The van der Waals surface area contributed by atoms with Gasteiger partial charge in [-0.25, -0.2) is 9.97 Å². The average molecular weight is 463 g/mol. The van der Waals surface area contributed by atoms with Gasteiger partial charge in [-0.3, -0.25) is 4.79 Å². The van der Waals surface area contributed by atoms with Gasteiger partial charge >= 0.3 is 0 Å². The SMILES string of the molecule is CCCCc1nc2cc(NC(=O)c3ccc(Cl)cc3)c(C)nc2n1Cc1ccc(OC)cc1. The Kier molecular flexibility index (Phi) is 6.94. The van der Waals surface area contributed by atoms with E-state index in [1.165, 1.54) is 0 Å². The van der Waals surface area contributed by atoms with E-state index < -0.39 is 0 Å². The molecule has 2 heterocycles. The maximum absolute atomic E-state index is 12.7. The molecule has 4 aromatic rings. The number of unbranched alkanes of at least 4 members (excludes halogenated alkanes) is 1. The lowest BCUT2D eigenvalue weighted by molar-refractivity contribution is 0.102. The summed E-state index contributed by atoms with van der Waals surface area (Å²) in [5.74, 6) is 1.62. The van der Waals surface area contributed by atoms with Crippen molar-refractivity contribution in [2.75, 3.05) is 12.4 Å². The second-order valence-electron chi connectivity index (χ2n) is 7.99. The van der Waals surface area contributed by atoms with Crippen LogP contribution in [0.1, 0.15) is 47.2 Å². The van der Waals surface area contributed by atoms with E-state index in [0.29, 0.717) is 22.8 Å². The van der Waals surface area contributed by atoms with Crippen molar-refractivity contribution in [1.29, 1.82) is 0 Å². The van der Waals surface area contributed by atoms with Gasteiger partial charge in [0.15, 0.2) is 5.65 Å². The predicted molar refractivity (Wildman–Crippen MR) is 132 cm³/mol. The molecule has 0 aliphatic rings. The standard InChI is InChI=1S/C26H27ClN4O2/c1-4-5-6-24-29-23-15-22(30-26(32)19-9-11-20(27)12-10-19)17(2)28-25(23)31(24)16-18-7-13-21(33-3)14-8-18/h7-15H,4-6,16H2,1-3H3,(H,30,32). The third-order valence-electron chi connectivity index (χ3n) is 5.60. The van der Waals surface area contributed by atoms with Gasteiger partial charge in [0.25, 0.3) is 5.91 Å². The fraction of sp³-hybridized carbons (Fsp3) is 0.269. The van der Waals surface area contributed by atoms with Crippen molar-refractivity contribution in [3.05, 3.63) is 82.3 Å². The van der Waals surface area contributed by atoms with Crippen LogP contribution in [0.5, 0.6) is 5.75 Å². The number of methoxy groups -OCH3 is 1. The van der Waals surface area contributed by atoms with Crippen molar-refractivity contribution in [2.24, 2.45) is 0 Å². The number of rotatable bonds is 8. The number of halogens is 1. The van der Waals surface area contributed by atoms with Crippen LogP contribution in [0.4, 0.5) is 5.69 Å². The topological polar surface area (TPSA) is 69.0 Å². The van der Waals surface area contributed by atoms with Crippen LogP contribution in [0, 0.1) is 6.92 Å². The molecular formula is C26H27ClN4O2. The van der Waals surface area contributed by atoms with Crippen LogP contribution >= 0.6 is 11.6 Å². The van der Waals surface area contributed by atoms with Crippen molar-refractivity contribution >= 4 is 34.4 Å². The minimum absolute atomic E-state index is 0.209. The Bertz CT molecular complexity index is 1260. The number of carbonyl (C=O) groups is 1. The summed E-state index contributed by atoms with van der Waals surface area (Å²) in [6, 6.07) is 16.7. The molecule has 0 saturated carbocycles. The van der Waals surface area contributed by atoms with Crippen molar-refractivity contribution in [2.45, 2.75) is 39.7 Å². The maximum atomic E-state index is 12.7. The van der Waals surface area contributed by atoms with Gasteiger partial charge in [0.1, 0.15) is 17.1 Å². The number of nitrogens with one attached hydrogen (secondary N) is 1. The highest BCUT2D eigenvalue weighted by Gasteiger charge is 2.16. The number of carbonyl (C=O) groups excluding carboxylic acids is 1. The molecule has 0 unspecified atom stereocenters. The number of anilines is 1. The zero-order chi connectivity index (χ0) is 23.4. The molecule has 0 aliphatic heterocycles. The number of amides is 1. The van der Waals surface area contributed by atoms with E-state index in [0.717, 1.165) is 53.3 Å². The largest absolute Gasteiger partial charge is 0.497 e. The first-order chi connectivity index (χ1) is 16.0. The number of ether oxygens (including phenoxy) is 1. The molecule has 2 aromatic carbocycles. The number of hydrogen-bond acceptors (Lipinski definition) is 4. The lowest BCUT2D eigenvalue weighted by atomic mass is 10.2. The Morgan fingerprint density at radius 3 is 2.48 bits per heavy atom. The lowest BCUT2D eigenvalue weighted by Crippen LogP contribution is -2.13. The molecule has 0 spiro atoms. The smallest absolute Gasteiger partial charge is 0.255 e. The van der Waals surface area contributed by atoms with Gasteiger partial charge in [0.2, 0.25) is 0 Å². The molecule has 0 radical (unpaired) electrons. The number of aromatic nitrogens is 3. The Labute approximate surface area is 198 Å². The number of benzene rings is 2. The predicted octanol–water partition coefficient (Wildman–Crippen LogP) is 6.04. The second-order valence-corrected chi connectivity index (χ2v) is 8.43. The van der Waals surface area contributed by atoms with Crippen LogP contribution in [-0.4, -0.2) is 27.6 Å². The van der Waals surface area contributed by atoms with Crippen LogP contribution in [-0.2, 0) is 13.0 Å². The van der Waals surface area contributed by atoms with Gasteiger partial charge in [-0.15, -0.1) is 0 Å². The van der Waals surface area contributed by atoms with Crippen LogP contribution in [0.2, 0.25) is 5.02 Å². The molecule has 7 heteroatoms. The van der Waals surface area contributed by atoms with E-state index in [9.17, 15) is 4.79 Å². The Morgan fingerprint density at radius 1 is 1.09 bits per heavy atom. The molecule has 33 heavy (non-hydrogen) atoms. The molecule has 2 aromatic heterocycles. The highest BCUT2D eigenvalue weighted by molar-refractivity contribution is 6.30. The highest BCUT2D eigenvalue weighted by Crippen LogP contribution is 2.25. The molecule has 1 N–H and O–H groups in total. The monoisotopic (exact) mass is 462 g/mol. The van der Waals surface area contributed by atoms with E-state index in [1.54, 1.807) is 31.4 Å². The number of imidazole rings is 1. The summed E-state index contributed by atoms with van der Waals surface area (Å²) >= 11 is 5.93. The molecular weight excluding hydrogens is 436 g/mol. The molecule has 170 valence electrons. The first kappa shape index (κ1) is 22.8. The first-order valence-electron chi connectivity index (χ1n) is 11.0. The van der Waals surface area contributed by atoms with Crippen molar-refractivity contribution in [3.63, 3.8) is 0 Å². The number of nitrogens with zero attached hydrogens (tertiary/aromatic N) is 3. The van der Waals surface area contributed by atoms with E-state index >= 15 is 0 Å². The van der Waals surface area contributed by atoms with Crippen LogP contribution in [0.25, 0.3) is 11.2 Å². The first-order valence-corrected chi connectivity index (χ1v) is 11.4. The second kappa shape index (κ2) is 10.0. The third kappa shape index (κ3) is 5.17. The third-order valence-corrected chi connectivity index (χ3v) is 5.85. The van der Waals surface area contributed by atoms with E-state index in [4.69, 9.17) is 26.3 Å². The normalized spacial score (nSPS) is 11.0. The number of hydrogen-bond donors (Lipinski definition) is 1. The van der Waals surface area contributed by atoms with Crippen LogP contribution in [0.15, 0.2) is 54.6 Å². The Hall–Kier alpha value is -3.38. The summed E-state index contributed by atoms with van der Waals surface area (Å²) in [5, 5.41) is 3.56. The molecule has 1 amide bonds. The maximum Gasteiger partial charge on any atom is 0.255 e. The fourth-order valence-corrected chi connectivity index (χ4v) is 3.84. The lowest BCUT2D eigenvalue weighted by Gasteiger charge is -2.11. The van der Waals surface area contributed by atoms with Crippen molar-refractivity contribution in [3.8, 4) is 5.75 Å². The average Bonchev–Trinajstić information content (AvgIpc) is 3.14. The minimum atomic E-state index is -0.209. The molecule has 0 bridgehead atoms. The van der Waals surface area contributed by atoms with Gasteiger partial charge in [-0.1, -0.05) is 37.1 Å². The van der Waals surface area contributed by atoms with E-state index in [-0.39, 0.29) is 5.91 Å². The molecule has 0 atom stereocenters. The Balaban J connectivity index is 1.67. The van der Waals surface area contributed by atoms with Gasteiger partial charge in [0, 0.05) is 17.0 Å². The van der Waals surface area contributed by atoms with Gasteiger partial charge in [-0.2, -0.15) is 0 Å². The highest BCUT2D eigenvalue weighted by atomic mass is 35.5. The number of aryl methyl sites for hydroxylation is 2. The molecule has 6 nitrogen and oxygen atoms in total. The summed E-state index contributed by atoms with van der Waals surface area (Å²) < 4.78 is 7.45. The molecule has 0 fully saturated rings. The van der Waals surface area contributed by atoms with Crippen molar-refractivity contribution < 1.29 is 9.53 Å². The Morgan fingerprint density at radius 2 is 1.82 bits per heavy atom. The van der Waals surface area contributed by atoms with Gasteiger partial charge in [0.05, 0.1) is 25.0 Å². The summed E-state index contributed by atoms with van der Waals surface area (Å²) in [5.41, 5.74) is 4.66. The van der Waals surface area contributed by atoms with E-state index in [1.807, 2.05) is 25.1 Å². The van der Waals surface area contributed by atoms with Gasteiger partial charge < -0.3 is 14.6 Å². The van der Waals surface area contributed by atoms with Crippen LogP contribution in [0.3, 0.4) is 0 Å². The molecule has 0 aliphatic carbocycles. The summed E-state index contributed by atoms with van der Waals surface area (Å²) in [4.78, 5) is 22.4. The number of fused-ring (bicyclic) bond motifs is 1. The zero-order valence-corrected chi connectivity index (χ0v) is 19.8.